The highest BCUT2D eigenvalue weighted by Gasteiger charge is 2.41. The summed E-state index contributed by atoms with van der Waals surface area (Å²) in [6.45, 7) is 2.16. The van der Waals surface area contributed by atoms with Gasteiger partial charge >= 0.3 is 12.1 Å². The lowest BCUT2D eigenvalue weighted by Gasteiger charge is -2.27. The molecule has 1 aromatic carbocycles. The van der Waals surface area contributed by atoms with Crippen molar-refractivity contribution in [2.24, 2.45) is 11.5 Å². The topological polar surface area (TPSA) is 135 Å². The zero-order chi connectivity index (χ0) is 19.9. The van der Waals surface area contributed by atoms with Crippen molar-refractivity contribution in [3.8, 4) is 5.75 Å². The Hall–Kier alpha value is -2.98. The molecule has 0 saturated carbocycles. The summed E-state index contributed by atoms with van der Waals surface area (Å²) >= 11 is 0. The van der Waals surface area contributed by atoms with Crippen LogP contribution >= 0.6 is 0 Å². The van der Waals surface area contributed by atoms with Crippen LogP contribution in [0.3, 0.4) is 0 Å². The molecule has 144 valence electrons. The number of alkyl halides is 3. The third kappa shape index (κ3) is 6.87. The number of rotatable bonds is 3. The number of nitrogens with one attached hydrogen (secondary N) is 2. The number of ether oxygens (including phenoxy) is 1. The van der Waals surface area contributed by atoms with Gasteiger partial charge in [-0.25, -0.2) is 4.79 Å². The van der Waals surface area contributed by atoms with Gasteiger partial charge in [0.1, 0.15) is 11.9 Å². The van der Waals surface area contributed by atoms with Crippen molar-refractivity contribution >= 4 is 23.5 Å². The molecule has 1 aliphatic heterocycles. The maximum Gasteiger partial charge on any atom is 0.491 e. The van der Waals surface area contributed by atoms with Gasteiger partial charge in [-0.2, -0.15) is 13.2 Å². The SMILES string of the molecule is CC(=O)NC1CCCN1c1ccc(OC(=O)C(F)(F)F)cc1.N=C(N)N. The molecule has 2 rings (SSSR count). The highest BCUT2D eigenvalue weighted by atomic mass is 19.4. The van der Waals surface area contributed by atoms with Crippen LogP contribution in [0.4, 0.5) is 18.9 Å². The van der Waals surface area contributed by atoms with Gasteiger partial charge in [-0.1, -0.05) is 0 Å². The van der Waals surface area contributed by atoms with Crippen LogP contribution in [0.5, 0.6) is 5.75 Å². The highest BCUT2D eigenvalue weighted by molar-refractivity contribution is 5.78. The molecule has 0 aromatic heterocycles. The first-order valence-electron chi connectivity index (χ1n) is 7.53. The quantitative estimate of drug-likeness (QED) is 0.270. The molecule has 1 fully saturated rings. The Labute approximate surface area is 147 Å². The molecule has 1 aromatic rings. The zero-order valence-corrected chi connectivity index (χ0v) is 14.0. The summed E-state index contributed by atoms with van der Waals surface area (Å²) in [5.41, 5.74) is 9.68. The summed E-state index contributed by atoms with van der Waals surface area (Å²) < 4.78 is 40.6. The van der Waals surface area contributed by atoms with E-state index in [1.165, 1.54) is 19.1 Å². The minimum atomic E-state index is -5.02. The van der Waals surface area contributed by atoms with E-state index in [4.69, 9.17) is 5.41 Å². The predicted molar refractivity (Wildman–Crippen MR) is 88.4 cm³/mol. The van der Waals surface area contributed by atoms with Gasteiger partial charge in [0, 0.05) is 19.2 Å². The van der Waals surface area contributed by atoms with Crippen molar-refractivity contribution in [1.82, 2.24) is 5.32 Å². The average Bonchev–Trinajstić information content (AvgIpc) is 2.93. The Bertz CT molecular complexity index is 645. The van der Waals surface area contributed by atoms with E-state index in [2.05, 4.69) is 21.5 Å². The smallest absolute Gasteiger partial charge is 0.420 e. The molecule has 1 aliphatic rings. The van der Waals surface area contributed by atoms with Gasteiger partial charge in [0.25, 0.3) is 0 Å². The third-order valence-corrected chi connectivity index (χ3v) is 3.23. The van der Waals surface area contributed by atoms with E-state index in [-0.39, 0.29) is 23.8 Å². The van der Waals surface area contributed by atoms with Gasteiger partial charge in [0.2, 0.25) is 5.91 Å². The fraction of sp³-hybridized carbons (Fsp3) is 0.400. The Kier molecular flexibility index (Phi) is 7.23. The number of guanidine groups is 1. The fourth-order valence-corrected chi connectivity index (χ4v) is 2.33. The van der Waals surface area contributed by atoms with Gasteiger partial charge in [-0.05, 0) is 37.1 Å². The number of carbonyl (C=O) groups is 2. The largest absolute Gasteiger partial charge is 0.491 e. The van der Waals surface area contributed by atoms with Crippen LogP contribution in [0.2, 0.25) is 0 Å². The van der Waals surface area contributed by atoms with Crippen molar-refractivity contribution < 1.29 is 27.5 Å². The number of carbonyl (C=O) groups excluding carboxylic acids is 2. The summed E-state index contributed by atoms with van der Waals surface area (Å²) in [7, 11) is 0. The van der Waals surface area contributed by atoms with Crippen LogP contribution in [-0.4, -0.2) is 36.7 Å². The summed E-state index contributed by atoms with van der Waals surface area (Å²) in [6, 6.07) is 5.70. The number of hydrogen-bond donors (Lipinski definition) is 4. The first-order chi connectivity index (χ1) is 12.0. The van der Waals surface area contributed by atoms with Crippen LogP contribution in [0.25, 0.3) is 0 Å². The molecule has 1 saturated heterocycles. The van der Waals surface area contributed by atoms with Gasteiger partial charge in [-0.3, -0.25) is 10.2 Å². The van der Waals surface area contributed by atoms with E-state index >= 15 is 0 Å². The second-order valence-electron chi connectivity index (χ2n) is 5.39. The second-order valence-corrected chi connectivity index (χ2v) is 5.39. The summed E-state index contributed by atoms with van der Waals surface area (Å²) in [6.07, 6.45) is -3.47. The second kappa shape index (κ2) is 8.92. The molecule has 6 N–H and O–H groups in total. The highest BCUT2D eigenvalue weighted by Crippen LogP contribution is 2.27. The van der Waals surface area contributed by atoms with Crippen molar-refractivity contribution in [1.29, 1.82) is 5.41 Å². The number of nitrogens with zero attached hydrogens (tertiary/aromatic N) is 1. The van der Waals surface area contributed by atoms with Crippen LogP contribution in [0, 0.1) is 5.41 Å². The van der Waals surface area contributed by atoms with Gasteiger partial charge < -0.3 is 26.4 Å². The van der Waals surface area contributed by atoms with Crippen LogP contribution < -0.4 is 26.4 Å². The molecule has 1 unspecified atom stereocenters. The first-order valence-corrected chi connectivity index (χ1v) is 7.53. The lowest BCUT2D eigenvalue weighted by atomic mass is 10.2. The zero-order valence-electron chi connectivity index (χ0n) is 14.0. The molecule has 0 spiro atoms. The molecule has 11 heteroatoms. The van der Waals surface area contributed by atoms with Crippen molar-refractivity contribution in [3.63, 3.8) is 0 Å². The third-order valence-electron chi connectivity index (χ3n) is 3.23. The number of esters is 1. The van der Waals surface area contributed by atoms with Crippen molar-refractivity contribution in [3.05, 3.63) is 24.3 Å². The molecule has 0 radical (unpaired) electrons. The maximum atomic E-state index is 12.1. The Balaban J connectivity index is 0.000000765. The predicted octanol–water partition coefficient (Wildman–Crippen LogP) is 1.06. The van der Waals surface area contributed by atoms with Gasteiger partial charge in [-0.15, -0.1) is 0 Å². The molecule has 0 bridgehead atoms. The molecule has 1 heterocycles. The fourth-order valence-electron chi connectivity index (χ4n) is 2.33. The minimum absolute atomic E-state index is 0.138. The Morgan fingerprint density at radius 1 is 1.27 bits per heavy atom. The Morgan fingerprint density at radius 3 is 2.27 bits per heavy atom. The molecular weight excluding hydrogens is 355 g/mol. The molecular formula is C15H20F3N5O3. The summed E-state index contributed by atoms with van der Waals surface area (Å²) in [5, 5.41) is 8.87. The van der Waals surface area contributed by atoms with E-state index in [1.54, 1.807) is 12.1 Å². The molecule has 1 atom stereocenters. The summed E-state index contributed by atoms with van der Waals surface area (Å²) in [5.74, 6) is -2.91. The number of halogens is 3. The lowest BCUT2D eigenvalue weighted by molar-refractivity contribution is -0.189. The number of amides is 1. The van der Waals surface area contributed by atoms with Crippen molar-refractivity contribution in [2.45, 2.75) is 32.1 Å². The number of benzene rings is 1. The van der Waals surface area contributed by atoms with E-state index in [0.717, 1.165) is 25.1 Å². The standard InChI is InChI=1S/C14H15F3N2O3.CH5N3/c1-9(20)18-12-3-2-8-19(12)10-4-6-11(7-5-10)22-13(21)14(15,16)17;2-1(3)4/h4-7,12H,2-3,8H2,1H3,(H,18,20);(H5,2,3,4). The molecule has 0 aliphatic carbocycles. The molecule has 8 nitrogen and oxygen atoms in total. The van der Waals surface area contributed by atoms with E-state index in [9.17, 15) is 22.8 Å². The van der Waals surface area contributed by atoms with Crippen LogP contribution in [-0.2, 0) is 9.59 Å². The Morgan fingerprint density at radius 2 is 1.81 bits per heavy atom. The molecule has 1 amide bonds. The summed E-state index contributed by atoms with van der Waals surface area (Å²) in [4.78, 5) is 23.8. The first kappa shape index (κ1) is 21.1. The van der Waals surface area contributed by atoms with E-state index in [0.29, 0.717) is 0 Å². The van der Waals surface area contributed by atoms with Crippen LogP contribution in [0.1, 0.15) is 19.8 Å². The minimum Gasteiger partial charge on any atom is -0.420 e. The monoisotopic (exact) mass is 375 g/mol. The number of anilines is 1. The van der Waals surface area contributed by atoms with Crippen LogP contribution in [0.15, 0.2) is 24.3 Å². The van der Waals surface area contributed by atoms with Gasteiger partial charge in [0.05, 0.1) is 0 Å². The van der Waals surface area contributed by atoms with Gasteiger partial charge in [0.15, 0.2) is 5.96 Å². The maximum absolute atomic E-state index is 12.1. The average molecular weight is 375 g/mol. The van der Waals surface area contributed by atoms with E-state index in [1.807, 2.05) is 4.90 Å². The molecule has 26 heavy (non-hydrogen) atoms. The number of nitrogens with two attached hydrogens (primary N) is 2. The lowest BCUT2D eigenvalue weighted by Crippen LogP contribution is -2.43. The number of hydrogen-bond acceptors (Lipinski definition) is 5. The van der Waals surface area contributed by atoms with Crippen molar-refractivity contribution in [2.75, 3.05) is 11.4 Å². The van der Waals surface area contributed by atoms with E-state index < -0.39 is 12.1 Å². The normalized spacial score (nSPS) is 16.3.